The second-order valence-corrected chi connectivity index (χ2v) is 6.95. The van der Waals surface area contributed by atoms with Gasteiger partial charge in [-0.25, -0.2) is 14.0 Å². The van der Waals surface area contributed by atoms with Crippen molar-refractivity contribution in [3.63, 3.8) is 0 Å². The number of halogens is 2. The molecular formula is C16H22Br2N4O. The van der Waals surface area contributed by atoms with Gasteiger partial charge in [-0.3, -0.25) is 0 Å². The zero-order valence-corrected chi connectivity index (χ0v) is 16.6. The predicted molar refractivity (Wildman–Crippen MR) is 103 cm³/mol. The largest absolute Gasteiger partial charge is 0.370 e. The van der Waals surface area contributed by atoms with Gasteiger partial charge in [0.25, 0.3) is 0 Å². The zero-order valence-electron chi connectivity index (χ0n) is 13.5. The first-order valence-corrected chi connectivity index (χ1v) is 10.00. The van der Waals surface area contributed by atoms with Gasteiger partial charge in [0.1, 0.15) is 6.33 Å². The lowest BCUT2D eigenvalue weighted by Crippen LogP contribution is -2.27. The molecule has 0 aliphatic carbocycles. The Bertz CT molecular complexity index is 659. The molecule has 0 bridgehead atoms. The van der Waals surface area contributed by atoms with E-state index in [0.29, 0.717) is 0 Å². The molecule has 0 saturated carbocycles. The Kier molecular flexibility index (Phi) is 6.89. The Morgan fingerprint density at radius 1 is 1.17 bits per heavy atom. The first-order chi connectivity index (χ1) is 11.1. The molecule has 1 aromatic carbocycles. The molecule has 7 heteroatoms. The van der Waals surface area contributed by atoms with Crippen molar-refractivity contribution in [3.05, 3.63) is 41.1 Å². The van der Waals surface area contributed by atoms with Crippen LogP contribution in [0.15, 0.2) is 35.4 Å². The second kappa shape index (κ2) is 8.68. The number of anilines is 1. The highest BCUT2D eigenvalue weighted by atomic mass is 79.9. The van der Waals surface area contributed by atoms with E-state index in [4.69, 9.17) is 0 Å². The van der Waals surface area contributed by atoms with Crippen LogP contribution < -0.4 is 10.6 Å². The van der Waals surface area contributed by atoms with Crippen molar-refractivity contribution in [1.29, 1.82) is 0 Å². The number of hydrogen-bond acceptors (Lipinski definition) is 3. The third kappa shape index (κ3) is 4.26. The van der Waals surface area contributed by atoms with E-state index in [2.05, 4.69) is 41.9 Å². The molecule has 0 spiro atoms. The molecule has 0 amide bonds. The summed E-state index contributed by atoms with van der Waals surface area (Å²) in [4.78, 5) is 14.7. The van der Waals surface area contributed by atoms with E-state index in [1.54, 1.807) is 10.9 Å². The molecule has 2 aromatic rings. The van der Waals surface area contributed by atoms with E-state index in [9.17, 15) is 4.79 Å². The van der Waals surface area contributed by atoms with Crippen molar-refractivity contribution in [1.82, 2.24) is 14.3 Å². The summed E-state index contributed by atoms with van der Waals surface area (Å²) in [6.45, 7) is 5.93. The molecule has 1 atom stereocenters. The molecule has 1 aromatic heterocycles. The SMILES string of the molecule is CCC(C)n1ncn(-c2ccc(N(CCBr)CCBr)cc2)c1=O. The van der Waals surface area contributed by atoms with Gasteiger partial charge in [-0.2, -0.15) is 5.10 Å². The minimum absolute atomic E-state index is 0.0927. The van der Waals surface area contributed by atoms with Gasteiger partial charge in [0.15, 0.2) is 0 Å². The monoisotopic (exact) mass is 444 g/mol. The van der Waals surface area contributed by atoms with Gasteiger partial charge in [-0.1, -0.05) is 38.8 Å². The van der Waals surface area contributed by atoms with Gasteiger partial charge in [0.2, 0.25) is 0 Å². The van der Waals surface area contributed by atoms with Gasteiger partial charge in [-0.05, 0) is 37.6 Å². The van der Waals surface area contributed by atoms with Crippen molar-refractivity contribution < 1.29 is 0 Å². The van der Waals surface area contributed by atoms with Crippen molar-refractivity contribution in [2.75, 3.05) is 28.6 Å². The molecule has 5 nitrogen and oxygen atoms in total. The molecule has 23 heavy (non-hydrogen) atoms. The Labute approximate surface area is 153 Å². The number of nitrogens with zero attached hydrogens (tertiary/aromatic N) is 4. The molecule has 1 unspecified atom stereocenters. The number of alkyl halides is 2. The molecule has 126 valence electrons. The van der Waals surface area contributed by atoms with Crippen LogP contribution in [0.3, 0.4) is 0 Å². The third-order valence-corrected chi connectivity index (χ3v) is 4.61. The molecule has 0 aliphatic rings. The summed E-state index contributed by atoms with van der Waals surface area (Å²) < 4.78 is 3.13. The second-order valence-electron chi connectivity index (χ2n) is 5.37. The summed E-state index contributed by atoms with van der Waals surface area (Å²) in [5, 5.41) is 6.06. The van der Waals surface area contributed by atoms with E-state index in [0.717, 1.165) is 41.5 Å². The highest BCUT2D eigenvalue weighted by molar-refractivity contribution is 9.09. The van der Waals surface area contributed by atoms with Crippen LogP contribution in [0.1, 0.15) is 26.3 Å². The van der Waals surface area contributed by atoms with Crippen molar-refractivity contribution in [2.45, 2.75) is 26.3 Å². The summed E-state index contributed by atoms with van der Waals surface area (Å²) in [5.74, 6) is 0. The van der Waals surface area contributed by atoms with Crippen LogP contribution in [0.25, 0.3) is 5.69 Å². The van der Waals surface area contributed by atoms with Crippen LogP contribution >= 0.6 is 31.9 Å². The molecule has 0 aliphatic heterocycles. The van der Waals surface area contributed by atoms with Gasteiger partial charge in [0.05, 0.1) is 11.7 Å². The van der Waals surface area contributed by atoms with Crippen molar-refractivity contribution in [3.8, 4) is 5.69 Å². The first kappa shape index (κ1) is 18.3. The maximum atomic E-state index is 12.4. The van der Waals surface area contributed by atoms with Crippen LogP contribution in [-0.2, 0) is 0 Å². The van der Waals surface area contributed by atoms with Gasteiger partial charge in [-0.15, -0.1) is 0 Å². The number of benzene rings is 1. The highest BCUT2D eigenvalue weighted by Crippen LogP contribution is 2.17. The molecule has 0 saturated heterocycles. The number of hydrogen-bond donors (Lipinski definition) is 0. The van der Waals surface area contributed by atoms with Crippen molar-refractivity contribution >= 4 is 37.5 Å². The van der Waals surface area contributed by atoms with Gasteiger partial charge >= 0.3 is 5.69 Å². The standard InChI is InChI=1S/C16H22Br2N4O/c1-3-13(2)22-16(23)21(12-19-22)15-6-4-14(5-7-15)20(10-8-17)11-9-18/h4-7,12-13H,3,8-11H2,1-2H3. The van der Waals surface area contributed by atoms with Crippen LogP contribution in [0.5, 0.6) is 0 Å². The topological polar surface area (TPSA) is 43.1 Å². The average molecular weight is 446 g/mol. The Morgan fingerprint density at radius 3 is 2.30 bits per heavy atom. The molecule has 0 N–H and O–H groups in total. The van der Waals surface area contributed by atoms with E-state index in [-0.39, 0.29) is 11.7 Å². The summed E-state index contributed by atoms with van der Waals surface area (Å²) in [5.41, 5.74) is 1.89. The quantitative estimate of drug-likeness (QED) is 0.583. The van der Waals surface area contributed by atoms with Gasteiger partial charge in [0, 0.05) is 29.4 Å². The average Bonchev–Trinajstić information content (AvgIpc) is 2.96. The van der Waals surface area contributed by atoms with E-state index < -0.39 is 0 Å². The molecule has 0 radical (unpaired) electrons. The zero-order chi connectivity index (χ0) is 16.8. The maximum Gasteiger partial charge on any atom is 0.350 e. The molecular weight excluding hydrogens is 424 g/mol. The lowest BCUT2D eigenvalue weighted by molar-refractivity contribution is 0.460. The summed E-state index contributed by atoms with van der Waals surface area (Å²) in [7, 11) is 0. The fourth-order valence-corrected chi connectivity index (χ4v) is 3.22. The van der Waals surface area contributed by atoms with E-state index in [1.165, 1.54) is 4.68 Å². The van der Waals surface area contributed by atoms with Crippen LogP contribution in [0.4, 0.5) is 5.69 Å². The maximum absolute atomic E-state index is 12.4. The summed E-state index contributed by atoms with van der Waals surface area (Å²) in [6.07, 6.45) is 2.47. The number of rotatable bonds is 8. The third-order valence-electron chi connectivity index (χ3n) is 3.90. The van der Waals surface area contributed by atoms with E-state index >= 15 is 0 Å². The predicted octanol–water partition coefficient (Wildman–Crippen LogP) is 3.60. The minimum Gasteiger partial charge on any atom is -0.370 e. The molecule has 1 heterocycles. The smallest absolute Gasteiger partial charge is 0.350 e. The fourth-order valence-electron chi connectivity index (χ4n) is 2.37. The Morgan fingerprint density at radius 2 is 1.78 bits per heavy atom. The molecule has 0 fully saturated rings. The first-order valence-electron chi connectivity index (χ1n) is 7.75. The van der Waals surface area contributed by atoms with Gasteiger partial charge < -0.3 is 4.90 Å². The van der Waals surface area contributed by atoms with Crippen LogP contribution in [-0.4, -0.2) is 38.1 Å². The summed E-state index contributed by atoms with van der Waals surface area (Å²) >= 11 is 6.98. The normalized spacial score (nSPS) is 12.3. The minimum atomic E-state index is -0.0927. The molecule has 2 rings (SSSR count). The fraction of sp³-hybridized carbons (Fsp3) is 0.500. The van der Waals surface area contributed by atoms with Crippen LogP contribution in [0.2, 0.25) is 0 Å². The van der Waals surface area contributed by atoms with E-state index in [1.807, 2.05) is 38.1 Å². The highest BCUT2D eigenvalue weighted by Gasteiger charge is 2.12. The lowest BCUT2D eigenvalue weighted by atomic mass is 10.2. The summed E-state index contributed by atoms with van der Waals surface area (Å²) in [6, 6.07) is 8.14. The van der Waals surface area contributed by atoms with Crippen LogP contribution in [0, 0.1) is 0 Å². The Hall–Kier alpha value is -1.08. The number of aromatic nitrogens is 3. The van der Waals surface area contributed by atoms with Crippen molar-refractivity contribution in [2.24, 2.45) is 0 Å². The Balaban J connectivity index is 2.26. The lowest BCUT2D eigenvalue weighted by Gasteiger charge is -2.23.